The van der Waals surface area contributed by atoms with Gasteiger partial charge >= 0.3 is 0 Å². The topological polar surface area (TPSA) is 80.2 Å². The van der Waals surface area contributed by atoms with E-state index in [1.165, 1.54) is 0 Å². The van der Waals surface area contributed by atoms with Gasteiger partial charge in [0.2, 0.25) is 5.91 Å². The molecule has 0 spiro atoms. The maximum Gasteiger partial charge on any atom is 0.221 e. The summed E-state index contributed by atoms with van der Waals surface area (Å²) in [6, 6.07) is 13.9. The largest absolute Gasteiger partial charge is 0.379 e. The van der Waals surface area contributed by atoms with Crippen molar-refractivity contribution in [3.05, 3.63) is 66.2 Å². The molecule has 3 aromatic rings. The number of pyridine rings is 1. The summed E-state index contributed by atoms with van der Waals surface area (Å²) in [4.78, 5) is 27.9. The Morgan fingerprint density at radius 1 is 1.10 bits per heavy atom. The molecule has 3 heterocycles. The summed E-state index contributed by atoms with van der Waals surface area (Å²) < 4.78 is 5.34. The van der Waals surface area contributed by atoms with E-state index in [-0.39, 0.29) is 5.91 Å². The Bertz CT molecular complexity index is 1000. The summed E-state index contributed by atoms with van der Waals surface area (Å²) in [5.74, 6) is 0.783. The van der Waals surface area contributed by atoms with Crippen molar-refractivity contribution >= 4 is 5.91 Å². The van der Waals surface area contributed by atoms with Crippen molar-refractivity contribution in [2.24, 2.45) is 0 Å². The second kappa shape index (κ2) is 10.2. The molecule has 1 aliphatic heterocycles. The van der Waals surface area contributed by atoms with Crippen LogP contribution < -0.4 is 5.32 Å². The van der Waals surface area contributed by atoms with E-state index in [1.54, 1.807) is 6.20 Å². The minimum Gasteiger partial charge on any atom is -0.379 e. The van der Waals surface area contributed by atoms with Crippen molar-refractivity contribution in [1.82, 2.24) is 25.2 Å². The van der Waals surface area contributed by atoms with Crippen LogP contribution in [0.2, 0.25) is 0 Å². The second-order valence-corrected chi connectivity index (χ2v) is 7.57. The minimum absolute atomic E-state index is 0.0689. The van der Waals surface area contributed by atoms with Crippen molar-refractivity contribution in [3.8, 4) is 22.5 Å². The number of benzene rings is 1. The first-order chi connectivity index (χ1) is 15.2. The molecule has 0 saturated carbocycles. The van der Waals surface area contributed by atoms with Gasteiger partial charge in [0.15, 0.2) is 0 Å². The highest BCUT2D eigenvalue weighted by atomic mass is 16.5. The minimum atomic E-state index is 0.0689. The van der Waals surface area contributed by atoms with Gasteiger partial charge in [0.1, 0.15) is 5.82 Å². The third-order valence-electron chi connectivity index (χ3n) is 5.33. The van der Waals surface area contributed by atoms with Gasteiger partial charge in [0, 0.05) is 56.1 Å². The predicted molar refractivity (Wildman–Crippen MR) is 119 cm³/mol. The Hall–Kier alpha value is -3.16. The van der Waals surface area contributed by atoms with Crippen LogP contribution >= 0.6 is 0 Å². The van der Waals surface area contributed by atoms with E-state index < -0.39 is 0 Å². The zero-order valence-electron chi connectivity index (χ0n) is 17.8. The Balaban J connectivity index is 1.38. The number of morpholine rings is 1. The highest BCUT2D eigenvalue weighted by Gasteiger charge is 2.13. The van der Waals surface area contributed by atoms with Gasteiger partial charge in [-0.2, -0.15) is 0 Å². The van der Waals surface area contributed by atoms with Crippen LogP contribution in [0.1, 0.15) is 17.8 Å². The van der Waals surface area contributed by atoms with Crippen molar-refractivity contribution in [1.29, 1.82) is 0 Å². The monoisotopic (exact) mass is 417 g/mol. The molecule has 1 fully saturated rings. The van der Waals surface area contributed by atoms with Crippen LogP contribution in [0.15, 0.2) is 54.9 Å². The van der Waals surface area contributed by atoms with E-state index in [2.05, 4.69) is 25.2 Å². The van der Waals surface area contributed by atoms with Crippen LogP contribution in [0.25, 0.3) is 22.5 Å². The summed E-state index contributed by atoms with van der Waals surface area (Å²) in [5.41, 5.74) is 4.64. The van der Waals surface area contributed by atoms with E-state index in [9.17, 15) is 4.79 Å². The number of amides is 1. The fourth-order valence-electron chi connectivity index (χ4n) is 3.55. The lowest BCUT2D eigenvalue weighted by atomic mass is 10.0. The number of hydrogen-bond acceptors (Lipinski definition) is 6. The lowest BCUT2D eigenvalue weighted by molar-refractivity contribution is -0.121. The zero-order valence-corrected chi connectivity index (χ0v) is 17.8. The summed E-state index contributed by atoms with van der Waals surface area (Å²) in [6.07, 6.45) is 4.10. The summed E-state index contributed by atoms with van der Waals surface area (Å²) in [7, 11) is 0. The van der Waals surface area contributed by atoms with E-state index in [4.69, 9.17) is 4.74 Å². The first-order valence-corrected chi connectivity index (χ1v) is 10.6. The number of ether oxygens (including phenoxy) is 1. The van der Waals surface area contributed by atoms with Gasteiger partial charge in [-0.05, 0) is 24.6 Å². The number of nitrogens with one attached hydrogen (secondary N) is 1. The van der Waals surface area contributed by atoms with E-state index >= 15 is 0 Å². The average Bonchev–Trinajstić information content (AvgIpc) is 2.83. The molecule has 2 aromatic heterocycles. The van der Waals surface area contributed by atoms with Gasteiger partial charge in [0.25, 0.3) is 0 Å². The number of aryl methyl sites for hydroxylation is 1. The average molecular weight is 418 g/mol. The third kappa shape index (κ3) is 5.71. The zero-order chi connectivity index (χ0) is 21.5. The van der Waals surface area contributed by atoms with Gasteiger partial charge in [-0.3, -0.25) is 14.7 Å². The standard InChI is InChI=1S/C24H27N5O2/c1-18-26-17-21(22-4-2-3-10-25-22)24(28-18)20-7-5-19(6-8-20)16-27-23(30)9-11-29-12-14-31-15-13-29/h2-8,10,17H,9,11-16H2,1H3,(H,27,30). The van der Waals surface area contributed by atoms with Crippen molar-refractivity contribution in [3.63, 3.8) is 0 Å². The molecule has 0 atom stereocenters. The molecule has 160 valence electrons. The van der Waals surface area contributed by atoms with E-state index in [0.717, 1.165) is 60.9 Å². The molecule has 4 rings (SSSR count). The van der Waals surface area contributed by atoms with Crippen LogP contribution in [-0.2, 0) is 16.1 Å². The molecule has 0 unspecified atom stereocenters. The maximum absolute atomic E-state index is 12.2. The Labute approximate surface area is 182 Å². The maximum atomic E-state index is 12.2. The molecule has 0 bridgehead atoms. The van der Waals surface area contributed by atoms with Crippen LogP contribution in [0.3, 0.4) is 0 Å². The van der Waals surface area contributed by atoms with Gasteiger partial charge in [-0.25, -0.2) is 9.97 Å². The van der Waals surface area contributed by atoms with Crippen LogP contribution in [0.4, 0.5) is 0 Å². The van der Waals surface area contributed by atoms with E-state index in [1.807, 2.05) is 55.6 Å². The van der Waals surface area contributed by atoms with Gasteiger partial charge in [-0.1, -0.05) is 30.3 Å². The molecule has 1 amide bonds. The fraction of sp³-hybridized carbons (Fsp3) is 0.333. The number of rotatable bonds is 7. The number of carbonyl (C=O) groups excluding carboxylic acids is 1. The fourth-order valence-corrected chi connectivity index (χ4v) is 3.55. The summed E-state index contributed by atoms with van der Waals surface area (Å²) in [5, 5.41) is 3.01. The third-order valence-corrected chi connectivity index (χ3v) is 5.33. The summed E-state index contributed by atoms with van der Waals surface area (Å²) in [6.45, 7) is 6.47. The highest BCUT2D eigenvalue weighted by molar-refractivity contribution is 5.78. The van der Waals surface area contributed by atoms with Crippen LogP contribution in [0.5, 0.6) is 0 Å². The normalized spacial score (nSPS) is 14.4. The molecule has 0 radical (unpaired) electrons. The molecule has 1 saturated heterocycles. The molecule has 1 aromatic carbocycles. The molecule has 1 aliphatic rings. The smallest absolute Gasteiger partial charge is 0.221 e. The molecular formula is C24H27N5O2. The molecular weight excluding hydrogens is 390 g/mol. The number of aromatic nitrogens is 3. The highest BCUT2D eigenvalue weighted by Crippen LogP contribution is 2.28. The molecule has 31 heavy (non-hydrogen) atoms. The van der Waals surface area contributed by atoms with Gasteiger partial charge in [0.05, 0.1) is 24.6 Å². The Morgan fingerprint density at radius 2 is 1.90 bits per heavy atom. The van der Waals surface area contributed by atoms with E-state index in [0.29, 0.717) is 18.8 Å². The molecule has 7 nitrogen and oxygen atoms in total. The lowest BCUT2D eigenvalue weighted by Crippen LogP contribution is -2.38. The first kappa shape index (κ1) is 21.1. The number of carbonyl (C=O) groups is 1. The van der Waals surface area contributed by atoms with Crippen molar-refractivity contribution < 1.29 is 9.53 Å². The van der Waals surface area contributed by atoms with Gasteiger partial charge in [-0.15, -0.1) is 0 Å². The molecule has 1 N–H and O–H groups in total. The first-order valence-electron chi connectivity index (χ1n) is 10.6. The molecule has 7 heteroatoms. The van der Waals surface area contributed by atoms with Crippen molar-refractivity contribution in [2.45, 2.75) is 19.9 Å². The SMILES string of the molecule is Cc1ncc(-c2ccccn2)c(-c2ccc(CNC(=O)CCN3CCOCC3)cc2)n1. The number of nitrogens with zero attached hydrogens (tertiary/aromatic N) is 4. The number of hydrogen-bond donors (Lipinski definition) is 1. The quantitative estimate of drug-likeness (QED) is 0.637. The van der Waals surface area contributed by atoms with Gasteiger partial charge < -0.3 is 10.1 Å². The van der Waals surface area contributed by atoms with Crippen LogP contribution in [-0.4, -0.2) is 58.6 Å². The predicted octanol–water partition coefficient (Wildman–Crippen LogP) is 2.85. The Morgan fingerprint density at radius 3 is 2.65 bits per heavy atom. The summed E-state index contributed by atoms with van der Waals surface area (Å²) >= 11 is 0. The Kier molecular flexibility index (Phi) is 6.96. The van der Waals surface area contributed by atoms with Crippen molar-refractivity contribution in [2.75, 3.05) is 32.8 Å². The molecule has 0 aliphatic carbocycles. The lowest BCUT2D eigenvalue weighted by Gasteiger charge is -2.26. The van der Waals surface area contributed by atoms with Crippen LogP contribution in [0, 0.1) is 6.92 Å². The second-order valence-electron chi connectivity index (χ2n) is 7.57.